The van der Waals surface area contributed by atoms with Gasteiger partial charge in [-0.05, 0) is 51.0 Å². The highest BCUT2D eigenvalue weighted by Crippen LogP contribution is 2.28. The Morgan fingerprint density at radius 3 is 2.72 bits per heavy atom. The zero-order valence-corrected chi connectivity index (χ0v) is 19.0. The van der Waals surface area contributed by atoms with E-state index >= 15 is 0 Å². The van der Waals surface area contributed by atoms with Crippen LogP contribution in [0.3, 0.4) is 0 Å². The minimum absolute atomic E-state index is 0.0493. The topological polar surface area (TPSA) is 95.4 Å². The van der Waals surface area contributed by atoms with Gasteiger partial charge in [0, 0.05) is 34.5 Å². The van der Waals surface area contributed by atoms with Gasteiger partial charge in [-0.3, -0.25) is 0 Å². The number of ether oxygens (including phenoxy) is 1. The zero-order valence-electron chi connectivity index (χ0n) is 18.2. The monoisotopic (exact) mass is 450 g/mol. The van der Waals surface area contributed by atoms with Crippen LogP contribution < -0.4 is 5.63 Å². The van der Waals surface area contributed by atoms with Crippen LogP contribution in [0, 0.1) is 27.7 Å². The van der Waals surface area contributed by atoms with Crippen molar-refractivity contribution in [1.82, 2.24) is 10.1 Å². The standard InChI is InChI=1S/C24H22N2O5S/c1-13-7-8-18-17(10-21(27)30-22(18)14(13)2)11-29-24(28)19-6-5-9-25-23(19)32-12-20-15(3)26-31-16(20)4/h5-10H,11-12H2,1-4H3. The maximum absolute atomic E-state index is 12.9. The van der Waals surface area contributed by atoms with E-state index in [-0.39, 0.29) is 6.61 Å². The molecule has 8 heteroatoms. The Labute approximate surface area is 188 Å². The van der Waals surface area contributed by atoms with Gasteiger partial charge in [0.15, 0.2) is 0 Å². The predicted molar refractivity (Wildman–Crippen MR) is 121 cm³/mol. The second-order valence-corrected chi connectivity index (χ2v) is 8.46. The first kappa shape index (κ1) is 21.8. The van der Waals surface area contributed by atoms with E-state index in [4.69, 9.17) is 13.7 Å². The molecule has 0 aliphatic heterocycles. The van der Waals surface area contributed by atoms with Crippen LogP contribution in [0.15, 0.2) is 55.3 Å². The lowest BCUT2D eigenvalue weighted by Crippen LogP contribution is -2.10. The summed E-state index contributed by atoms with van der Waals surface area (Å²) in [6, 6.07) is 8.55. The molecule has 3 aromatic heterocycles. The molecule has 0 amide bonds. The van der Waals surface area contributed by atoms with Gasteiger partial charge in [0.05, 0.1) is 11.3 Å². The summed E-state index contributed by atoms with van der Waals surface area (Å²) >= 11 is 1.41. The van der Waals surface area contributed by atoms with Gasteiger partial charge in [-0.25, -0.2) is 14.6 Å². The molecule has 164 valence electrons. The van der Waals surface area contributed by atoms with Crippen LogP contribution in [0.1, 0.15) is 44.1 Å². The maximum Gasteiger partial charge on any atom is 0.341 e. The van der Waals surface area contributed by atoms with E-state index in [0.29, 0.717) is 27.5 Å². The van der Waals surface area contributed by atoms with Crippen LogP contribution in [-0.4, -0.2) is 16.1 Å². The molecule has 0 saturated carbocycles. The van der Waals surface area contributed by atoms with Crippen molar-refractivity contribution in [3.63, 3.8) is 0 Å². The Kier molecular flexibility index (Phi) is 6.14. The summed E-state index contributed by atoms with van der Waals surface area (Å²) in [5.74, 6) is 0.807. The molecule has 0 spiro atoms. The molecule has 7 nitrogen and oxygen atoms in total. The molecule has 1 aromatic carbocycles. The third kappa shape index (κ3) is 4.31. The van der Waals surface area contributed by atoms with Crippen LogP contribution >= 0.6 is 11.8 Å². The Hall–Kier alpha value is -3.39. The number of carbonyl (C=O) groups is 1. The molecule has 0 unspecified atom stereocenters. The fourth-order valence-corrected chi connectivity index (χ4v) is 4.51. The molecule has 4 aromatic rings. The first-order valence-corrected chi connectivity index (χ1v) is 11.0. The van der Waals surface area contributed by atoms with Gasteiger partial charge in [-0.15, -0.1) is 11.8 Å². The van der Waals surface area contributed by atoms with Crippen LogP contribution in [0.2, 0.25) is 0 Å². The number of thioether (sulfide) groups is 1. The second kappa shape index (κ2) is 9.00. The lowest BCUT2D eigenvalue weighted by atomic mass is 10.0. The van der Waals surface area contributed by atoms with Crippen LogP contribution in [0.5, 0.6) is 0 Å². The molecule has 3 heterocycles. The van der Waals surface area contributed by atoms with Crippen LogP contribution in [0.4, 0.5) is 0 Å². The van der Waals surface area contributed by atoms with E-state index in [1.165, 1.54) is 17.8 Å². The van der Waals surface area contributed by atoms with E-state index < -0.39 is 11.6 Å². The second-order valence-electron chi connectivity index (χ2n) is 7.50. The van der Waals surface area contributed by atoms with Gasteiger partial charge < -0.3 is 13.7 Å². The van der Waals surface area contributed by atoms with Crippen molar-refractivity contribution < 1.29 is 18.5 Å². The summed E-state index contributed by atoms with van der Waals surface area (Å²) in [4.78, 5) is 29.3. The van der Waals surface area contributed by atoms with Crippen molar-refractivity contribution in [2.24, 2.45) is 0 Å². The summed E-state index contributed by atoms with van der Waals surface area (Å²) in [7, 11) is 0. The number of rotatable bonds is 6. The summed E-state index contributed by atoms with van der Waals surface area (Å²) in [6.07, 6.45) is 1.63. The lowest BCUT2D eigenvalue weighted by Gasteiger charge is -2.11. The minimum atomic E-state index is -0.510. The average molecular weight is 451 g/mol. The molecule has 0 aliphatic rings. The third-order valence-electron chi connectivity index (χ3n) is 5.40. The first-order valence-electron chi connectivity index (χ1n) is 10.0. The quantitative estimate of drug-likeness (QED) is 0.229. The van der Waals surface area contributed by atoms with Gasteiger partial charge in [-0.1, -0.05) is 17.3 Å². The van der Waals surface area contributed by atoms with Crippen molar-refractivity contribution in [1.29, 1.82) is 0 Å². The van der Waals surface area contributed by atoms with E-state index in [1.54, 1.807) is 18.3 Å². The molecule has 0 radical (unpaired) electrons. The smallest absolute Gasteiger partial charge is 0.341 e. The summed E-state index contributed by atoms with van der Waals surface area (Å²) < 4.78 is 16.2. The van der Waals surface area contributed by atoms with E-state index in [9.17, 15) is 9.59 Å². The van der Waals surface area contributed by atoms with Gasteiger partial charge >= 0.3 is 11.6 Å². The van der Waals surface area contributed by atoms with E-state index in [1.807, 2.05) is 39.8 Å². The van der Waals surface area contributed by atoms with Gasteiger partial charge in [-0.2, -0.15) is 0 Å². The molecule has 32 heavy (non-hydrogen) atoms. The largest absolute Gasteiger partial charge is 0.457 e. The fraction of sp³-hybridized carbons (Fsp3) is 0.250. The summed E-state index contributed by atoms with van der Waals surface area (Å²) in [5, 5.41) is 5.27. The number of nitrogens with zero attached hydrogens (tertiary/aromatic N) is 2. The molecular weight excluding hydrogens is 428 g/mol. The number of benzene rings is 1. The summed E-state index contributed by atoms with van der Waals surface area (Å²) in [5.41, 5.74) is 4.70. The van der Waals surface area contributed by atoms with Crippen molar-refractivity contribution >= 4 is 28.7 Å². The number of hydrogen-bond acceptors (Lipinski definition) is 8. The molecule has 0 saturated heterocycles. The zero-order chi connectivity index (χ0) is 22.8. The van der Waals surface area contributed by atoms with E-state index in [2.05, 4.69) is 10.1 Å². The molecular formula is C24H22N2O5S. The number of fused-ring (bicyclic) bond motifs is 1. The number of aryl methyl sites for hydroxylation is 4. The van der Waals surface area contributed by atoms with Crippen molar-refractivity contribution in [3.8, 4) is 0 Å². The van der Waals surface area contributed by atoms with Crippen LogP contribution in [0.25, 0.3) is 11.0 Å². The maximum atomic E-state index is 12.9. The van der Waals surface area contributed by atoms with Gasteiger partial charge in [0.1, 0.15) is 23.0 Å². The first-order chi connectivity index (χ1) is 15.3. The fourth-order valence-electron chi connectivity index (χ4n) is 3.37. The van der Waals surface area contributed by atoms with Gasteiger partial charge in [0.25, 0.3) is 0 Å². The van der Waals surface area contributed by atoms with Crippen molar-refractivity contribution in [2.45, 2.75) is 45.1 Å². The molecule has 0 N–H and O–H groups in total. The molecule has 0 aliphatic carbocycles. The molecule has 0 atom stereocenters. The normalized spacial score (nSPS) is 11.1. The van der Waals surface area contributed by atoms with Crippen LogP contribution in [-0.2, 0) is 17.1 Å². The number of aromatic nitrogens is 2. The number of carbonyl (C=O) groups excluding carboxylic acids is 1. The SMILES string of the molecule is Cc1ccc2c(COC(=O)c3cccnc3SCc3c(C)noc3C)cc(=O)oc2c1C. The highest BCUT2D eigenvalue weighted by atomic mass is 32.2. The number of pyridine rings is 1. The summed E-state index contributed by atoms with van der Waals surface area (Å²) in [6.45, 7) is 7.53. The highest BCUT2D eigenvalue weighted by Gasteiger charge is 2.18. The molecule has 0 fully saturated rings. The minimum Gasteiger partial charge on any atom is -0.457 e. The predicted octanol–water partition coefficient (Wildman–Crippen LogP) is 5.06. The number of esters is 1. The Morgan fingerprint density at radius 2 is 1.97 bits per heavy atom. The Bertz CT molecular complexity index is 1350. The molecule has 4 rings (SSSR count). The number of hydrogen-bond donors (Lipinski definition) is 0. The Balaban J connectivity index is 1.55. The highest BCUT2D eigenvalue weighted by molar-refractivity contribution is 7.98. The van der Waals surface area contributed by atoms with Crippen molar-refractivity contribution in [3.05, 3.63) is 86.2 Å². The third-order valence-corrected chi connectivity index (χ3v) is 6.43. The lowest BCUT2D eigenvalue weighted by molar-refractivity contribution is 0.0468. The van der Waals surface area contributed by atoms with E-state index in [0.717, 1.165) is 33.5 Å². The molecule has 0 bridgehead atoms. The van der Waals surface area contributed by atoms with Gasteiger partial charge in [0.2, 0.25) is 0 Å². The average Bonchev–Trinajstić information content (AvgIpc) is 3.10. The Morgan fingerprint density at radius 1 is 1.16 bits per heavy atom. The van der Waals surface area contributed by atoms with Crippen molar-refractivity contribution in [2.75, 3.05) is 0 Å².